The molecule has 0 aliphatic rings. The summed E-state index contributed by atoms with van der Waals surface area (Å²) in [6.45, 7) is 5.97. The molecule has 2 atom stereocenters. The highest BCUT2D eigenvalue weighted by molar-refractivity contribution is 5.92. The molecule has 0 aromatic heterocycles. The van der Waals surface area contributed by atoms with Crippen molar-refractivity contribution in [3.05, 3.63) is 35.9 Å². The number of nitrogens with one attached hydrogen (secondary N) is 3. The second-order valence-electron chi connectivity index (χ2n) is 7.23. The molecular formula is C19H27N3O6. The van der Waals surface area contributed by atoms with Crippen LogP contribution >= 0.6 is 0 Å². The van der Waals surface area contributed by atoms with Crippen LogP contribution in [0.5, 0.6) is 0 Å². The fourth-order valence-corrected chi connectivity index (χ4v) is 2.19. The van der Waals surface area contributed by atoms with Crippen molar-refractivity contribution in [3.63, 3.8) is 0 Å². The first-order valence-electron chi connectivity index (χ1n) is 8.81. The number of aliphatic carboxylic acids is 1. The molecule has 0 radical (unpaired) electrons. The Morgan fingerprint density at radius 1 is 1.04 bits per heavy atom. The van der Waals surface area contributed by atoms with E-state index in [1.807, 2.05) is 6.07 Å². The summed E-state index contributed by atoms with van der Waals surface area (Å²) >= 11 is 0. The van der Waals surface area contributed by atoms with E-state index >= 15 is 0 Å². The second-order valence-corrected chi connectivity index (χ2v) is 7.23. The number of benzene rings is 1. The normalized spacial score (nSPS) is 13.0. The molecule has 0 fully saturated rings. The van der Waals surface area contributed by atoms with Crippen molar-refractivity contribution in [3.8, 4) is 0 Å². The van der Waals surface area contributed by atoms with Gasteiger partial charge in [-0.3, -0.25) is 14.4 Å². The number of hydrogen-bond donors (Lipinski definition) is 4. The minimum atomic E-state index is -1.20. The summed E-state index contributed by atoms with van der Waals surface area (Å²) in [6.07, 6.45) is -0.595. The van der Waals surface area contributed by atoms with E-state index in [2.05, 4.69) is 16.0 Å². The molecule has 0 spiro atoms. The molecule has 3 amide bonds. The van der Waals surface area contributed by atoms with Crippen molar-refractivity contribution in [1.82, 2.24) is 16.0 Å². The molecule has 154 valence electrons. The lowest BCUT2D eigenvalue weighted by molar-refractivity contribution is -0.138. The largest absolute Gasteiger partial charge is 0.480 e. The highest BCUT2D eigenvalue weighted by atomic mass is 16.6. The summed E-state index contributed by atoms with van der Waals surface area (Å²) in [7, 11) is 0. The zero-order valence-corrected chi connectivity index (χ0v) is 16.4. The van der Waals surface area contributed by atoms with E-state index in [4.69, 9.17) is 9.84 Å². The monoisotopic (exact) mass is 393 g/mol. The van der Waals surface area contributed by atoms with Crippen LogP contribution in [0.15, 0.2) is 30.3 Å². The van der Waals surface area contributed by atoms with Crippen LogP contribution in [0.2, 0.25) is 0 Å². The number of hydrogen-bond acceptors (Lipinski definition) is 5. The van der Waals surface area contributed by atoms with Crippen LogP contribution in [0.4, 0.5) is 4.79 Å². The second kappa shape index (κ2) is 10.3. The first-order valence-corrected chi connectivity index (χ1v) is 8.81. The number of carboxylic acids is 1. The third-order valence-electron chi connectivity index (χ3n) is 3.46. The number of carboxylic acid groups (broad SMARTS) is 1. The molecule has 1 rings (SSSR count). The van der Waals surface area contributed by atoms with Gasteiger partial charge >= 0.3 is 12.1 Å². The van der Waals surface area contributed by atoms with Gasteiger partial charge in [-0.15, -0.1) is 0 Å². The van der Waals surface area contributed by atoms with Gasteiger partial charge in [-0.05, 0) is 33.3 Å². The Balaban J connectivity index is 2.77. The molecule has 4 N–H and O–H groups in total. The van der Waals surface area contributed by atoms with Gasteiger partial charge in [-0.25, -0.2) is 4.79 Å². The van der Waals surface area contributed by atoms with Crippen molar-refractivity contribution in [2.24, 2.45) is 0 Å². The molecule has 0 aliphatic heterocycles. The van der Waals surface area contributed by atoms with Gasteiger partial charge in [0.05, 0.1) is 0 Å². The van der Waals surface area contributed by atoms with Gasteiger partial charge in [-0.1, -0.05) is 30.3 Å². The third-order valence-corrected chi connectivity index (χ3v) is 3.46. The molecule has 1 aromatic carbocycles. The Bertz CT molecular complexity index is 699. The minimum absolute atomic E-state index is 0.164. The highest BCUT2D eigenvalue weighted by Gasteiger charge is 2.26. The van der Waals surface area contributed by atoms with Gasteiger partial charge in [0.15, 0.2) is 0 Å². The average molecular weight is 393 g/mol. The van der Waals surface area contributed by atoms with Crippen LogP contribution in [0.1, 0.15) is 33.3 Å². The molecule has 0 heterocycles. The molecule has 0 saturated carbocycles. The molecule has 0 saturated heterocycles. The molecule has 0 unspecified atom stereocenters. The molecular weight excluding hydrogens is 366 g/mol. The quantitative estimate of drug-likeness (QED) is 0.517. The van der Waals surface area contributed by atoms with Gasteiger partial charge in [-0.2, -0.15) is 0 Å². The number of carbonyl (C=O) groups excluding carboxylic acids is 3. The van der Waals surface area contributed by atoms with Crippen molar-refractivity contribution >= 4 is 23.9 Å². The van der Waals surface area contributed by atoms with Crippen molar-refractivity contribution < 1.29 is 29.0 Å². The Labute approximate surface area is 163 Å². The maximum atomic E-state index is 12.4. The first kappa shape index (κ1) is 22.9. The Kier molecular flexibility index (Phi) is 8.43. The van der Waals surface area contributed by atoms with E-state index in [0.717, 1.165) is 5.56 Å². The molecule has 28 heavy (non-hydrogen) atoms. The molecule has 9 nitrogen and oxygen atoms in total. The predicted octanol–water partition coefficient (Wildman–Crippen LogP) is 0.828. The topological polar surface area (TPSA) is 134 Å². The molecule has 9 heteroatoms. The fourth-order valence-electron chi connectivity index (χ4n) is 2.19. The number of alkyl carbamates (subject to hydrolysis) is 1. The van der Waals surface area contributed by atoms with E-state index in [1.165, 1.54) is 6.92 Å². The Morgan fingerprint density at radius 2 is 1.64 bits per heavy atom. The van der Waals surface area contributed by atoms with Crippen molar-refractivity contribution in [1.29, 1.82) is 0 Å². The zero-order chi connectivity index (χ0) is 21.3. The summed E-state index contributed by atoms with van der Waals surface area (Å²) in [5.74, 6) is -2.43. The summed E-state index contributed by atoms with van der Waals surface area (Å²) in [6, 6.07) is 7.00. The highest BCUT2D eigenvalue weighted by Crippen LogP contribution is 2.07. The van der Waals surface area contributed by atoms with E-state index in [0.29, 0.717) is 0 Å². The van der Waals surface area contributed by atoms with Gasteiger partial charge in [0.2, 0.25) is 11.8 Å². The molecule has 0 bridgehead atoms. The van der Waals surface area contributed by atoms with Crippen molar-refractivity contribution in [2.45, 2.75) is 51.8 Å². The van der Waals surface area contributed by atoms with E-state index < -0.39 is 48.1 Å². The third kappa shape index (κ3) is 9.02. The van der Waals surface area contributed by atoms with E-state index in [9.17, 15) is 19.2 Å². The lowest BCUT2D eigenvalue weighted by Crippen LogP contribution is -2.54. The van der Waals surface area contributed by atoms with Crippen LogP contribution in [0.25, 0.3) is 0 Å². The summed E-state index contributed by atoms with van der Waals surface area (Å²) in [5, 5.41) is 15.9. The van der Waals surface area contributed by atoms with E-state index in [1.54, 1.807) is 45.0 Å². The molecule has 1 aromatic rings. The van der Waals surface area contributed by atoms with Crippen LogP contribution < -0.4 is 16.0 Å². The van der Waals surface area contributed by atoms with Crippen LogP contribution in [-0.4, -0.2) is 53.2 Å². The predicted molar refractivity (Wildman–Crippen MR) is 102 cm³/mol. The standard InChI is InChI=1S/C19H27N3O6/c1-12(21-18(27)28-19(2,3)4)16(25)22-14(17(26)20-11-15(23)24)10-13-8-6-5-7-9-13/h5-9,12,14H,10-11H2,1-4H3,(H,20,26)(H,21,27)(H,22,25)(H,23,24)/t12-,14+/m1/s1. The number of rotatable bonds is 8. The Morgan fingerprint density at radius 3 is 2.18 bits per heavy atom. The van der Waals surface area contributed by atoms with Crippen LogP contribution in [0, 0.1) is 0 Å². The van der Waals surface area contributed by atoms with Gasteiger partial charge in [0.1, 0.15) is 24.2 Å². The number of carbonyl (C=O) groups is 4. The number of amides is 3. The van der Waals surface area contributed by atoms with Crippen molar-refractivity contribution in [2.75, 3.05) is 6.54 Å². The maximum absolute atomic E-state index is 12.4. The average Bonchev–Trinajstić information content (AvgIpc) is 2.58. The van der Waals surface area contributed by atoms with Gasteiger partial charge in [0, 0.05) is 6.42 Å². The zero-order valence-electron chi connectivity index (χ0n) is 16.4. The lowest BCUT2D eigenvalue weighted by atomic mass is 10.0. The summed E-state index contributed by atoms with van der Waals surface area (Å²) in [4.78, 5) is 47.2. The molecule has 0 aliphatic carbocycles. The Hall–Kier alpha value is -3.10. The van der Waals surface area contributed by atoms with Crippen LogP contribution in [-0.2, 0) is 25.5 Å². The van der Waals surface area contributed by atoms with Crippen LogP contribution in [0.3, 0.4) is 0 Å². The summed E-state index contributed by atoms with van der Waals surface area (Å²) in [5.41, 5.74) is 0.0679. The first-order chi connectivity index (χ1) is 13.0. The summed E-state index contributed by atoms with van der Waals surface area (Å²) < 4.78 is 5.10. The smallest absolute Gasteiger partial charge is 0.408 e. The van der Waals surface area contributed by atoms with Gasteiger partial charge in [0.25, 0.3) is 0 Å². The van der Waals surface area contributed by atoms with Gasteiger partial charge < -0.3 is 25.8 Å². The minimum Gasteiger partial charge on any atom is -0.480 e. The number of ether oxygens (including phenoxy) is 1. The lowest BCUT2D eigenvalue weighted by Gasteiger charge is -2.23. The fraction of sp³-hybridized carbons (Fsp3) is 0.474. The van der Waals surface area contributed by atoms with E-state index in [-0.39, 0.29) is 6.42 Å². The SMILES string of the molecule is C[C@@H](NC(=O)OC(C)(C)C)C(=O)N[C@@H](Cc1ccccc1)C(=O)NCC(=O)O. The maximum Gasteiger partial charge on any atom is 0.408 e.